The Morgan fingerprint density at radius 3 is 2.67 bits per heavy atom. The van der Waals surface area contributed by atoms with Gasteiger partial charge in [0.25, 0.3) is 0 Å². The molecule has 3 nitrogen and oxygen atoms in total. The molecular formula is C18H29NO2. The van der Waals surface area contributed by atoms with E-state index in [9.17, 15) is 0 Å². The number of methoxy groups -OCH3 is 1. The van der Waals surface area contributed by atoms with Gasteiger partial charge in [-0.1, -0.05) is 26.7 Å². The van der Waals surface area contributed by atoms with E-state index in [1.807, 2.05) is 0 Å². The number of anilines is 1. The Hall–Kier alpha value is -1.22. The third-order valence-corrected chi connectivity index (χ3v) is 4.25. The van der Waals surface area contributed by atoms with Crippen molar-refractivity contribution in [1.82, 2.24) is 0 Å². The van der Waals surface area contributed by atoms with E-state index >= 15 is 0 Å². The summed E-state index contributed by atoms with van der Waals surface area (Å²) in [4.78, 5) is 2.42. The van der Waals surface area contributed by atoms with Crippen molar-refractivity contribution in [3.05, 3.63) is 22.8 Å². The third-order valence-electron chi connectivity index (χ3n) is 4.25. The maximum Gasteiger partial charge on any atom is 0.143 e. The second-order valence-electron chi connectivity index (χ2n) is 5.81. The molecule has 1 aromatic rings. The molecule has 0 amide bonds. The van der Waals surface area contributed by atoms with Crippen LogP contribution in [0.15, 0.2) is 6.07 Å². The molecule has 0 atom stereocenters. The summed E-state index contributed by atoms with van der Waals surface area (Å²) in [5, 5.41) is 0. The van der Waals surface area contributed by atoms with Crippen LogP contribution in [-0.2, 0) is 17.6 Å². The van der Waals surface area contributed by atoms with Crippen molar-refractivity contribution >= 4 is 5.69 Å². The van der Waals surface area contributed by atoms with Crippen molar-refractivity contribution in [2.45, 2.75) is 46.5 Å². The van der Waals surface area contributed by atoms with Crippen molar-refractivity contribution in [3.8, 4) is 5.75 Å². The van der Waals surface area contributed by atoms with Crippen molar-refractivity contribution in [3.63, 3.8) is 0 Å². The molecule has 0 unspecified atom stereocenters. The van der Waals surface area contributed by atoms with E-state index in [1.54, 1.807) is 7.11 Å². The van der Waals surface area contributed by atoms with Gasteiger partial charge in [0.05, 0.1) is 18.8 Å². The summed E-state index contributed by atoms with van der Waals surface area (Å²) in [6.45, 7) is 10.2. The lowest BCUT2D eigenvalue weighted by Crippen LogP contribution is -2.36. The lowest BCUT2D eigenvalue weighted by molar-refractivity contribution is 0.201. The molecule has 0 aromatic heterocycles. The molecule has 3 heteroatoms. The normalized spacial score (nSPS) is 14.0. The number of aryl methyl sites for hydroxylation is 1. The molecule has 0 fully saturated rings. The molecule has 0 saturated heterocycles. The number of nitrogens with zero attached hydrogens (tertiary/aromatic N) is 1. The summed E-state index contributed by atoms with van der Waals surface area (Å²) in [5.74, 6) is 1.07. The molecule has 1 aliphatic rings. The summed E-state index contributed by atoms with van der Waals surface area (Å²) in [5.41, 5.74) is 5.71. The molecule has 0 aliphatic carbocycles. The zero-order chi connectivity index (χ0) is 15.2. The highest BCUT2D eigenvalue weighted by atomic mass is 16.5. The van der Waals surface area contributed by atoms with Crippen LogP contribution in [-0.4, -0.2) is 33.4 Å². The average molecular weight is 291 g/mol. The molecule has 0 bridgehead atoms. The quantitative estimate of drug-likeness (QED) is 0.764. The van der Waals surface area contributed by atoms with Crippen molar-refractivity contribution in [2.75, 3.05) is 38.3 Å². The summed E-state index contributed by atoms with van der Waals surface area (Å²) in [6.07, 6.45) is 4.68. The van der Waals surface area contributed by atoms with Gasteiger partial charge in [-0.2, -0.15) is 0 Å². The van der Waals surface area contributed by atoms with Crippen LogP contribution in [0.25, 0.3) is 0 Å². The lowest BCUT2D eigenvalue weighted by Gasteiger charge is -2.34. The van der Waals surface area contributed by atoms with Gasteiger partial charge in [0.15, 0.2) is 0 Å². The molecule has 1 aromatic carbocycles. The topological polar surface area (TPSA) is 21.7 Å². The van der Waals surface area contributed by atoms with Crippen LogP contribution < -0.4 is 9.64 Å². The first-order valence-electron chi connectivity index (χ1n) is 8.24. The van der Waals surface area contributed by atoms with E-state index in [0.29, 0.717) is 0 Å². The number of hydrogen-bond acceptors (Lipinski definition) is 3. The predicted octanol–water partition coefficient (Wildman–Crippen LogP) is 3.75. The first-order chi connectivity index (χ1) is 10.2. The van der Waals surface area contributed by atoms with Gasteiger partial charge in [0.1, 0.15) is 12.4 Å². The second kappa shape index (κ2) is 7.69. The van der Waals surface area contributed by atoms with Crippen molar-refractivity contribution in [1.29, 1.82) is 0 Å². The monoisotopic (exact) mass is 291 g/mol. The summed E-state index contributed by atoms with van der Waals surface area (Å²) >= 11 is 0. The Morgan fingerprint density at radius 1 is 1.24 bits per heavy atom. The third kappa shape index (κ3) is 3.52. The van der Waals surface area contributed by atoms with E-state index in [4.69, 9.17) is 9.47 Å². The summed E-state index contributed by atoms with van der Waals surface area (Å²) in [7, 11) is 1.76. The van der Waals surface area contributed by atoms with Gasteiger partial charge >= 0.3 is 0 Å². The first-order valence-corrected chi connectivity index (χ1v) is 8.24. The molecular weight excluding hydrogens is 262 g/mol. The summed E-state index contributed by atoms with van der Waals surface area (Å²) < 4.78 is 11.2. The second-order valence-corrected chi connectivity index (χ2v) is 5.81. The van der Waals surface area contributed by atoms with Crippen LogP contribution in [0.1, 0.15) is 43.4 Å². The first kappa shape index (κ1) is 16.2. The maximum atomic E-state index is 5.95. The molecule has 0 saturated carbocycles. The fraction of sp³-hybridized carbons (Fsp3) is 0.667. The van der Waals surface area contributed by atoms with Gasteiger partial charge in [-0.05, 0) is 42.5 Å². The van der Waals surface area contributed by atoms with Gasteiger partial charge < -0.3 is 14.4 Å². The lowest BCUT2D eigenvalue weighted by atomic mass is 9.92. The van der Waals surface area contributed by atoms with Crippen LogP contribution in [0.5, 0.6) is 5.75 Å². The predicted molar refractivity (Wildman–Crippen MR) is 88.8 cm³/mol. The minimum Gasteiger partial charge on any atom is -0.490 e. The number of rotatable bonds is 7. The molecule has 1 aliphatic heterocycles. The summed E-state index contributed by atoms with van der Waals surface area (Å²) in [6, 6.07) is 2.29. The SMILES string of the molecule is CCCc1cc2c(c(C)c1CCC)N(CCOC)CCO2. The Balaban J connectivity index is 2.42. The van der Waals surface area contributed by atoms with Gasteiger partial charge in [-0.3, -0.25) is 0 Å². The Labute approximate surface area is 129 Å². The molecule has 0 spiro atoms. The minimum absolute atomic E-state index is 0.763. The maximum absolute atomic E-state index is 5.95. The van der Waals surface area contributed by atoms with Crippen LogP contribution in [0.3, 0.4) is 0 Å². The Kier molecular flexibility index (Phi) is 5.92. The highest BCUT2D eigenvalue weighted by Gasteiger charge is 2.23. The zero-order valence-corrected chi connectivity index (χ0v) is 14.0. The van der Waals surface area contributed by atoms with Gasteiger partial charge in [0.2, 0.25) is 0 Å². The highest BCUT2D eigenvalue weighted by molar-refractivity contribution is 5.69. The molecule has 0 N–H and O–H groups in total. The molecule has 0 radical (unpaired) electrons. The van der Waals surface area contributed by atoms with Gasteiger partial charge in [-0.15, -0.1) is 0 Å². The van der Waals surface area contributed by atoms with Crippen LogP contribution in [0.4, 0.5) is 5.69 Å². The number of hydrogen-bond donors (Lipinski definition) is 0. The fourth-order valence-corrected chi connectivity index (χ4v) is 3.28. The Bertz CT molecular complexity index is 471. The molecule has 1 heterocycles. The smallest absolute Gasteiger partial charge is 0.143 e. The van der Waals surface area contributed by atoms with Gasteiger partial charge in [-0.25, -0.2) is 0 Å². The minimum atomic E-state index is 0.763. The average Bonchev–Trinajstić information content (AvgIpc) is 2.49. The molecule has 118 valence electrons. The van der Waals surface area contributed by atoms with E-state index in [1.165, 1.54) is 35.2 Å². The van der Waals surface area contributed by atoms with E-state index in [0.717, 1.165) is 44.9 Å². The Morgan fingerprint density at radius 2 is 2.00 bits per heavy atom. The highest BCUT2D eigenvalue weighted by Crippen LogP contribution is 2.39. The van der Waals surface area contributed by atoms with E-state index in [-0.39, 0.29) is 0 Å². The van der Waals surface area contributed by atoms with Crippen LogP contribution in [0, 0.1) is 6.92 Å². The fourth-order valence-electron chi connectivity index (χ4n) is 3.28. The largest absolute Gasteiger partial charge is 0.490 e. The molecule has 21 heavy (non-hydrogen) atoms. The number of fused-ring (bicyclic) bond motifs is 1. The number of ether oxygens (including phenoxy) is 2. The van der Waals surface area contributed by atoms with Crippen molar-refractivity contribution < 1.29 is 9.47 Å². The van der Waals surface area contributed by atoms with Crippen molar-refractivity contribution in [2.24, 2.45) is 0 Å². The zero-order valence-electron chi connectivity index (χ0n) is 14.0. The van der Waals surface area contributed by atoms with Crippen LogP contribution >= 0.6 is 0 Å². The number of benzene rings is 1. The standard InChI is InChI=1S/C18H29NO2/c1-5-7-15-13-17-18(14(3)16(15)8-6-2)19(9-11-20-4)10-12-21-17/h13H,5-12H2,1-4H3. The van der Waals surface area contributed by atoms with Crippen LogP contribution in [0.2, 0.25) is 0 Å². The molecule has 2 rings (SSSR count). The van der Waals surface area contributed by atoms with Gasteiger partial charge in [0, 0.05) is 13.7 Å². The van der Waals surface area contributed by atoms with E-state index < -0.39 is 0 Å². The van der Waals surface area contributed by atoms with E-state index in [2.05, 4.69) is 31.7 Å².